The highest BCUT2D eigenvalue weighted by Crippen LogP contribution is 2.14. The molecule has 0 saturated heterocycles. The van der Waals surface area contributed by atoms with E-state index in [1.54, 1.807) is 0 Å². The molecule has 0 heterocycles. The van der Waals surface area contributed by atoms with Crippen molar-refractivity contribution in [2.75, 3.05) is 11.0 Å². The fourth-order valence-electron chi connectivity index (χ4n) is 0.928. The van der Waals surface area contributed by atoms with Crippen LogP contribution in [0.2, 0.25) is 5.02 Å². The van der Waals surface area contributed by atoms with Crippen LogP contribution in [0.4, 0.5) is 4.39 Å². The molecule has 0 saturated carbocycles. The summed E-state index contributed by atoms with van der Waals surface area (Å²) in [6, 6.07) is 3.91. The third kappa shape index (κ3) is 3.09. The predicted octanol–water partition coefficient (Wildman–Crippen LogP) is 2.64. The maximum Gasteiger partial charge on any atom is 0.254 e. The summed E-state index contributed by atoms with van der Waals surface area (Å²) in [6.07, 6.45) is 0. The van der Waals surface area contributed by atoms with Gasteiger partial charge in [-0.2, -0.15) is 0 Å². The molecule has 1 N–H and O–H groups in total. The Labute approximate surface area is 100.0 Å². The molecular weight excluding hydrogens is 319 g/mol. The third-order valence-corrected chi connectivity index (χ3v) is 2.33. The van der Waals surface area contributed by atoms with E-state index < -0.39 is 11.7 Å². The van der Waals surface area contributed by atoms with Crippen LogP contribution in [0.1, 0.15) is 10.4 Å². The molecule has 2 nitrogen and oxygen atoms in total. The quantitative estimate of drug-likeness (QED) is 0.671. The highest BCUT2D eigenvalue weighted by molar-refractivity contribution is 14.1. The van der Waals surface area contributed by atoms with Crippen LogP contribution in [0, 0.1) is 5.82 Å². The SMILES string of the molecule is O=C(NCCI)c1cc(Cl)ccc1F. The molecule has 0 fully saturated rings. The fraction of sp³-hybridized carbons (Fsp3) is 0.222. The van der Waals surface area contributed by atoms with Crippen LogP contribution >= 0.6 is 34.2 Å². The van der Waals surface area contributed by atoms with Gasteiger partial charge in [0, 0.05) is 16.0 Å². The molecule has 76 valence electrons. The van der Waals surface area contributed by atoms with Crippen molar-refractivity contribution in [3.63, 3.8) is 0 Å². The topological polar surface area (TPSA) is 29.1 Å². The molecule has 1 aromatic rings. The normalized spacial score (nSPS) is 9.93. The Morgan fingerprint density at radius 1 is 1.57 bits per heavy atom. The maximum absolute atomic E-state index is 13.1. The number of carbonyl (C=O) groups is 1. The van der Waals surface area contributed by atoms with E-state index in [1.165, 1.54) is 18.2 Å². The maximum atomic E-state index is 13.1. The van der Waals surface area contributed by atoms with Gasteiger partial charge in [0.1, 0.15) is 5.82 Å². The molecule has 0 spiro atoms. The third-order valence-electron chi connectivity index (χ3n) is 1.55. The van der Waals surface area contributed by atoms with E-state index in [9.17, 15) is 9.18 Å². The van der Waals surface area contributed by atoms with Crippen molar-refractivity contribution in [1.82, 2.24) is 5.32 Å². The second kappa shape index (κ2) is 5.50. The van der Waals surface area contributed by atoms with Gasteiger partial charge in [0.2, 0.25) is 0 Å². The number of amides is 1. The highest BCUT2D eigenvalue weighted by Gasteiger charge is 2.10. The Hall–Kier alpha value is -0.360. The van der Waals surface area contributed by atoms with Gasteiger partial charge >= 0.3 is 0 Å². The standard InChI is InChI=1S/C9H8ClFINO/c10-6-1-2-8(11)7(5-6)9(14)13-4-3-12/h1-2,5H,3-4H2,(H,13,14). The second-order valence-electron chi connectivity index (χ2n) is 2.57. The number of benzene rings is 1. The minimum Gasteiger partial charge on any atom is -0.351 e. The van der Waals surface area contributed by atoms with E-state index in [0.29, 0.717) is 11.6 Å². The lowest BCUT2D eigenvalue weighted by atomic mass is 10.2. The summed E-state index contributed by atoms with van der Waals surface area (Å²) in [7, 11) is 0. The van der Waals surface area contributed by atoms with Crippen LogP contribution in [0.25, 0.3) is 0 Å². The van der Waals surface area contributed by atoms with Crippen LogP contribution in [0.3, 0.4) is 0 Å². The zero-order valence-electron chi connectivity index (χ0n) is 7.19. The molecule has 0 radical (unpaired) electrons. The summed E-state index contributed by atoms with van der Waals surface area (Å²) in [5.41, 5.74) is -0.0117. The summed E-state index contributed by atoms with van der Waals surface area (Å²) in [4.78, 5) is 11.4. The summed E-state index contributed by atoms with van der Waals surface area (Å²) in [5.74, 6) is -0.984. The molecule has 1 aromatic carbocycles. The number of halogens is 3. The highest BCUT2D eigenvalue weighted by atomic mass is 127. The van der Waals surface area contributed by atoms with Gasteiger partial charge in [-0.05, 0) is 18.2 Å². The summed E-state index contributed by atoms with van der Waals surface area (Å²) >= 11 is 7.77. The average Bonchev–Trinajstić information content (AvgIpc) is 2.18. The van der Waals surface area contributed by atoms with Crippen molar-refractivity contribution in [3.8, 4) is 0 Å². The molecule has 0 aromatic heterocycles. The smallest absolute Gasteiger partial charge is 0.254 e. The number of rotatable bonds is 3. The largest absolute Gasteiger partial charge is 0.351 e. The molecule has 0 bridgehead atoms. The monoisotopic (exact) mass is 327 g/mol. The van der Waals surface area contributed by atoms with E-state index in [-0.39, 0.29) is 5.56 Å². The van der Waals surface area contributed by atoms with Gasteiger partial charge in [0.15, 0.2) is 0 Å². The number of hydrogen-bond donors (Lipinski definition) is 1. The van der Waals surface area contributed by atoms with Crippen LogP contribution in [0.15, 0.2) is 18.2 Å². The van der Waals surface area contributed by atoms with E-state index >= 15 is 0 Å². The van der Waals surface area contributed by atoms with Crippen molar-refractivity contribution in [2.45, 2.75) is 0 Å². The van der Waals surface area contributed by atoms with Crippen molar-refractivity contribution in [1.29, 1.82) is 0 Å². The Bertz CT molecular complexity index is 346. The van der Waals surface area contributed by atoms with Crippen molar-refractivity contribution < 1.29 is 9.18 Å². The van der Waals surface area contributed by atoms with Gasteiger partial charge in [-0.3, -0.25) is 4.79 Å². The molecular formula is C9H8ClFINO. The zero-order valence-corrected chi connectivity index (χ0v) is 10.1. The zero-order chi connectivity index (χ0) is 10.6. The number of alkyl halides is 1. The summed E-state index contributed by atoms with van der Waals surface area (Å²) < 4.78 is 13.9. The van der Waals surface area contributed by atoms with Crippen LogP contribution < -0.4 is 5.32 Å². The molecule has 5 heteroatoms. The van der Waals surface area contributed by atoms with Gasteiger partial charge in [-0.25, -0.2) is 4.39 Å². The van der Waals surface area contributed by atoms with Crippen molar-refractivity contribution in [2.24, 2.45) is 0 Å². The Kier molecular flexibility index (Phi) is 4.60. The first-order valence-corrected chi connectivity index (χ1v) is 5.84. The van der Waals surface area contributed by atoms with E-state index in [4.69, 9.17) is 11.6 Å². The van der Waals surface area contributed by atoms with Crippen LogP contribution in [-0.2, 0) is 0 Å². The molecule has 1 rings (SSSR count). The van der Waals surface area contributed by atoms with Gasteiger partial charge in [-0.1, -0.05) is 34.2 Å². The summed E-state index contributed by atoms with van der Waals surface area (Å²) in [6.45, 7) is 0.519. The number of nitrogens with one attached hydrogen (secondary N) is 1. The minimum absolute atomic E-state index is 0.0117. The second-order valence-corrected chi connectivity index (χ2v) is 4.08. The molecule has 0 atom stereocenters. The van der Waals surface area contributed by atoms with E-state index in [2.05, 4.69) is 27.9 Å². The Morgan fingerprint density at radius 3 is 2.93 bits per heavy atom. The molecule has 0 aliphatic carbocycles. The number of carbonyl (C=O) groups excluding carboxylic acids is 1. The minimum atomic E-state index is -0.555. The molecule has 1 amide bonds. The summed E-state index contributed by atoms with van der Waals surface area (Å²) in [5, 5.41) is 2.92. The average molecular weight is 328 g/mol. The lowest BCUT2D eigenvalue weighted by Crippen LogP contribution is -2.26. The van der Waals surface area contributed by atoms with Gasteiger partial charge in [0.05, 0.1) is 5.56 Å². The van der Waals surface area contributed by atoms with E-state index in [1.807, 2.05) is 0 Å². The fourth-order valence-corrected chi connectivity index (χ4v) is 1.37. The van der Waals surface area contributed by atoms with Crippen LogP contribution in [-0.4, -0.2) is 16.9 Å². The van der Waals surface area contributed by atoms with Gasteiger partial charge < -0.3 is 5.32 Å². The van der Waals surface area contributed by atoms with Gasteiger partial charge in [-0.15, -0.1) is 0 Å². The van der Waals surface area contributed by atoms with Gasteiger partial charge in [0.25, 0.3) is 5.91 Å². The Balaban J connectivity index is 2.83. The molecule has 0 unspecified atom stereocenters. The molecule has 14 heavy (non-hydrogen) atoms. The first-order valence-electron chi connectivity index (χ1n) is 3.94. The number of hydrogen-bond acceptors (Lipinski definition) is 1. The Morgan fingerprint density at radius 2 is 2.29 bits per heavy atom. The van der Waals surface area contributed by atoms with Crippen molar-refractivity contribution >= 4 is 40.1 Å². The lowest BCUT2D eigenvalue weighted by molar-refractivity contribution is 0.0952. The van der Waals surface area contributed by atoms with E-state index in [0.717, 1.165) is 4.43 Å². The molecule has 0 aliphatic heterocycles. The first-order chi connectivity index (χ1) is 6.65. The predicted molar refractivity (Wildman–Crippen MR) is 62.6 cm³/mol. The van der Waals surface area contributed by atoms with Crippen molar-refractivity contribution in [3.05, 3.63) is 34.6 Å². The first kappa shape index (κ1) is 11.7. The molecule has 0 aliphatic rings. The van der Waals surface area contributed by atoms with Crippen LogP contribution in [0.5, 0.6) is 0 Å². The lowest BCUT2D eigenvalue weighted by Gasteiger charge is -2.04.